The van der Waals surface area contributed by atoms with Crippen molar-refractivity contribution in [1.82, 2.24) is 4.90 Å². The predicted molar refractivity (Wildman–Crippen MR) is 76.5 cm³/mol. The van der Waals surface area contributed by atoms with E-state index < -0.39 is 7.60 Å². The zero-order chi connectivity index (χ0) is 15.0. The molecule has 0 amide bonds. The van der Waals surface area contributed by atoms with Crippen LogP contribution in [0.25, 0.3) is 0 Å². The molecular weight excluding hydrogens is 281 g/mol. The first-order valence-corrected chi connectivity index (χ1v) is 8.31. The first kappa shape index (κ1) is 17.3. The molecule has 4 N–H and O–H groups in total. The van der Waals surface area contributed by atoms with Crippen molar-refractivity contribution in [2.45, 2.75) is 13.0 Å². The summed E-state index contributed by atoms with van der Waals surface area (Å²) in [6.45, 7) is 1.60. The lowest BCUT2D eigenvalue weighted by molar-refractivity contribution is 0.156. The quantitative estimate of drug-likeness (QED) is 0.486. The van der Waals surface area contributed by atoms with Gasteiger partial charge in [0.1, 0.15) is 0 Å². The number of hydrogen-bond donors (Lipinski definition) is 4. The van der Waals surface area contributed by atoms with Gasteiger partial charge in [0.25, 0.3) is 0 Å². The molecule has 0 heterocycles. The highest BCUT2D eigenvalue weighted by Gasteiger charge is 2.12. The molecule has 0 aliphatic rings. The monoisotopic (exact) mass is 303 g/mol. The van der Waals surface area contributed by atoms with Crippen LogP contribution in [0, 0.1) is 0 Å². The Kier molecular flexibility index (Phi) is 7.37. The van der Waals surface area contributed by atoms with Crippen LogP contribution in [0.3, 0.4) is 0 Å². The van der Waals surface area contributed by atoms with E-state index in [1.54, 1.807) is 0 Å². The molecule has 0 fully saturated rings. The highest BCUT2D eigenvalue weighted by atomic mass is 31.2. The van der Waals surface area contributed by atoms with Crippen LogP contribution >= 0.6 is 7.60 Å². The van der Waals surface area contributed by atoms with Gasteiger partial charge in [0.05, 0.1) is 19.4 Å². The molecule has 114 valence electrons. The topological polar surface area (TPSA) is 101 Å². The zero-order valence-corrected chi connectivity index (χ0v) is 12.2. The summed E-state index contributed by atoms with van der Waals surface area (Å²) in [6.07, 6.45) is 0.172. The van der Waals surface area contributed by atoms with Gasteiger partial charge in [-0.05, 0) is 17.5 Å². The first-order chi connectivity index (χ1) is 9.44. The SMILES string of the molecule is O=P(O)(O)CCc1cccc(CN(CCO)CCO)c1. The summed E-state index contributed by atoms with van der Waals surface area (Å²) in [6, 6.07) is 7.50. The van der Waals surface area contributed by atoms with Crippen molar-refractivity contribution in [2.24, 2.45) is 0 Å². The molecule has 1 aromatic rings. The van der Waals surface area contributed by atoms with Crippen LogP contribution in [0.2, 0.25) is 0 Å². The van der Waals surface area contributed by atoms with Gasteiger partial charge in [-0.1, -0.05) is 24.3 Å². The van der Waals surface area contributed by atoms with Gasteiger partial charge in [0.2, 0.25) is 0 Å². The minimum Gasteiger partial charge on any atom is -0.395 e. The Labute approximate surface area is 118 Å². The average molecular weight is 303 g/mol. The number of aliphatic hydroxyl groups excluding tert-OH is 2. The summed E-state index contributed by atoms with van der Waals surface area (Å²) in [4.78, 5) is 19.7. The fraction of sp³-hybridized carbons (Fsp3) is 0.538. The molecule has 0 bridgehead atoms. The van der Waals surface area contributed by atoms with E-state index in [0.29, 0.717) is 26.1 Å². The molecule has 6 nitrogen and oxygen atoms in total. The van der Waals surface area contributed by atoms with Crippen LogP contribution in [0.4, 0.5) is 0 Å². The van der Waals surface area contributed by atoms with E-state index in [-0.39, 0.29) is 19.4 Å². The summed E-state index contributed by atoms with van der Waals surface area (Å²) in [5.74, 6) is 0. The fourth-order valence-corrected chi connectivity index (χ4v) is 2.52. The lowest BCUT2D eigenvalue weighted by atomic mass is 10.1. The van der Waals surface area contributed by atoms with E-state index in [1.165, 1.54) is 0 Å². The average Bonchev–Trinajstić information content (AvgIpc) is 2.37. The zero-order valence-electron chi connectivity index (χ0n) is 11.4. The van der Waals surface area contributed by atoms with E-state index in [2.05, 4.69) is 0 Å². The number of benzene rings is 1. The van der Waals surface area contributed by atoms with Crippen molar-refractivity contribution in [3.8, 4) is 0 Å². The number of aryl methyl sites for hydroxylation is 1. The molecule has 0 saturated carbocycles. The summed E-state index contributed by atoms with van der Waals surface area (Å²) >= 11 is 0. The second kappa shape index (κ2) is 8.52. The highest BCUT2D eigenvalue weighted by Crippen LogP contribution is 2.34. The summed E-state index contributed by atoms with van der Waals surface area (Å²) in [7, 11) is -3.97. The van der Waals surface area contributed by atoms with Crippen molar-refractivity contribution in [3.63, 3.8) is 0 Å². The number of aliphatic hydroxyl groups is 2. The van der Waals surface area contributed by atoms with Gasteiger partial charge in [-0.25, -0.2) is 0 Å². The Balaban J connectivity index is 2.64. The van der Waals surface area contributed by atoms with E-state index in [1.807, 2.05) is 29.2 Å². The van der Waals surface area contributed by atoms with Crippen molar-refractivity contribution < 1.29 is 24.6 Å². The minimum atomic E-state index is -3.97. The van der Waals surface area contributed by atoms with Crippen molar-refractivity contribution in [1.29, 1.82) is 0 Å². The lowest BCUT2D eigenvalue weighted by Gasteiger charge is -2.20. The molecule has 1 rings (SSSR count). The fourth-order valence-electron chi connectivity index (χ4n) is 1.97. The third kappa shape index (κ3) is 7.14. The molecule has 0 aliphatic heterocycles. The molecule has 0 saturated heterocycles. The Hall–Kier alpha value is -0.750. The number of rotatable bonds is 9. The third-order valence-electron chi connectivity index (χ3n) is 2.92. The van der Waals surface area contributed by atoms with Crippen molar-refractivity contribution >= 4 is 7.60 Å². The molecule has 0 spiro atoms. The maximum Gasteiger partial charge on any atom is 0.325 e. The van der Waals surface area contributed by atoms with E-state index in [4.69, 9.17) is 20.0 Å². The largest absolute Gasteiger partial charge is 0.395 e. The van der Waals surface area contributed by atoms with Crippen LogP contribution in [0.15, 0.2) is 24.3 Å². The predicted octanol–water partition coefficient (Wildman–Crippen LogP) is 0.193. The van der Waals surface area contributed by atoms with Gasteiger partial charge in [-0.15, -0.1) is 0 Å². The molecule has 0 aliphatic carbocycles. The van der Waals surface area contributed by atoms with Gasteiger partial charge in [0.15, 0.2) is 0 Å². The summed E-state index contributed by atoms with van der Waals surface area (Å²) < 4.78 is 10.9. The van der Waals surface area contributed by atoms with E-state index >= 15 is 0 Å². The van der Waals surface area contributed by atoms with Gasteiger partial charge in [-0.3, -0.25) is 9.46 Å². The van der Waals surface area contributed by atoms with Gasteiger partial charge < -0.3 is 20.0 Å². The smallest absolute Gasteiger partial charge is 0.325 e. The maximum absolute atomic E-state index is 10.9. The molecular formula is C13H22NO5P. The molecule has 20 heavy (non-hydrogen) atoms. The molecule has 7 heteroatoms. The van der Waals surface area contributed by atoms with Gasteiger partial charge in [0, 0.05) is 19.6 Å². The van der Waals surface area contributed by atoms with Crippen LogP contribution in [-0.2, 0) is 17.5 Å². The third-order valence-corrected chi connectivity index (χ3v) is 3.73. The Morgan fingerprint density at radius 1 is 1.05 bits per heavy atom. The van der Waals surface area contributed by atoms with Crippen molar-refractivity contribution in [3.05, 3.63) is 35.4 Å². The molecule has 0 unspecified atom stereocenters. The standard InChI is InChI=1S/C13H22NO5P/c15-7-5-14(6-8-16)11-13-3-1-2-12(10-13)4-9-20(17,18)19/h1-3,10,15-16H,4-9,11H2,(H2,17,18,19). The van der Waals surface area contributed by atoms with Gasteiger partial charge >= 0.3 is 7.60 Å². The van der Waals surface area contributed by atoms with E-state index in [0.717, 1.165) is 11.1 Å². The first-order valence-electron chi connectivity index (χ1n) is 6.51. The van der Waals surface area contributed by atoms with Crippen LogP contribution in [0.1, 0.15) is 11.1 Å². The van der Waals surface area contributed by atoms with E-state index in [9.17, 15) is 4.57 Å². The van der Waals surface area contributed by atoms with Gasteiger partial charge in [-0.2, -0.15) is 0 Å². The summed E-state index contributed by atoms with van der Waals surface area (Å²) in [5.41, 5.74) is 1.87. The van der Waals surface area contributed by atoms with Crippen LogP contribution in [-0.4, -0.2) is 57.4 Å². The maximum atomic E-state index is 10.9. The Bertz CT molecular complexity index is 442. The van der Waals surface area contributed by atoms with Crippen LogP contribution in [0.5, 0.6) is 0 Å². The highest BCUT2D eigenvalue weighted by molar-refractivity contribution is 7.51. The number of nitrogens with zero attached hydrogens (tertiary/aromatic N) is 1. The molecule has 0 aromatic heterocycles. The second-order valence-corrected chi connectivity index (χ2v) is 6.46. The second-order valence-electron chi connectivity index (χ2n) is 4.68. The number of hydrogen-bond acceptors (Lipinski definition) is 4. The Morgan fingerprint density at radius 2 is 1.65 bits per heavy atom. The molecule has 0 atom stereocenters. The van der Waals surface area contributed by atoms with Crippen molar-refractivity contribution in [2.75, 3.05) is 32.5 Å². The minimum absolute atomic E-state index is 0.0257. The summed E-state index contributed by atoms with van der Waals surface area (Å²) in [5, 5.41) is 17.9. The van der Waals surface area contributed by atoms with Crippen LogP contribution < -0.4 is 0 Å². The molecule has 1 aromatic carbocycles. The Morgan fingerprint density at radius 3 is 2.20 bits per heavy atom. The lowest BCUT2D eigenvalue weighted by Crippen LogP contribution is -2.29. The normalized spacial score (nSPS) is 12.1. The molecule has 0 radical (unpaired) electrons.